The molecule has 210 valence electrons. The van der Waals surface area contributed by atoms with Crippen molar-refractivity contribution >= 4 is 58.7 Å². The molecule has 2 N–H and O–H groups in total. The Bertz CT molecular complexity index is 1080. The Morgan fingerprint density at radius 2 is 0.947 bits per heavy atom. The van der Waals surface area contributed by atoms with Crippen molar-refractivity contribution in [2.24, 2.45) is 0 Å². The maximum atomic E-state index is 13.4. The third-order valence-electron chi connectivity index (χ3n) is 4.11. The van der Waals surface area contributed by atoms with Crippen molar-refractivity contribution in [3.05, 3.63) is 47.5 Å². The van der Waals surface area contributed by atoms with Crippen LogP contribution in [0.5, 0.6) is 0 Å². The summed E-state index contributed by atoms with van der Waals surface area (Å²) in [7, 11) is 0. The number of nitrogens with one attached hydrogen (secondary N) is 2. The summed E-state index contributed by atoms with van der Waals surface area (Å²) < 4.78 is 90.9. The van der Waals surface area contributed by atoms with Crippen LogP contribution in [0.3, 0.4) is 0 Å². The van der Waals surface area contributed by atoms with Crippen molar-refractivity contribution in [1.29, 1.82) is 0 Å². The van der Waals surface area contributed by atoms with Crippen LogP contribution in [-0.2, 0) is 21.8 Å². The van der Waals surface area contributed by atoms with Gasteiger partial charge >= 0.3 is 227 Å². The van der Waals surface area contributed by atoms with E-state index < -0.39 is 73.1 Å². The summed E-state index contributed by atoms with van der Waals surface area (Å²) in [5, 5.41) is 4.84. The second kappa shape index (κ2) is 11.8. The molecular formula is C24H26F6N2O4Se2. The maximum absolute atomic E-state index is 13.4. The Morgan fingerprint density at radius 3 is 1.21 bits per heavy atom. The molecule has 0 heterocycles. The SMILES string of the molecule is CC(C)(C)OC(=O)Nc1ccc(C(F)(F)F)cc1[Se][Se]c1cc(C(F)(F)F)ccc1NC(=O)OC(C)(C)C. The van der Waals surface area contributed by atoms with E-state index >= 15 is 0 Å². The van der Waals surface area contributed by atoms with Gasteiger partial charge in [-0.25, -0.2) is 0 Å². The zero-order valence-corrected chi connectivity index (χ0v) is 24.6. The van der Waals surface area contributed by atoms with Crippen molar-refractivity contribution in [1.82, 2.24) is 0 Å². The van der Waals surface area contributed by atoms with Gasteiger partial charge in [0.05, 0.1) is 0 Å². The van der Waals surface area contributed by atoms with Crippen LogP contribution in [0.25, 0.3) is 0 Å². The molecule has 0 spiro atoms. The molecule has 0 radical (unpaired) electrons. The number of amides is 2. The van der Waals surface area contributed by atoms with E-state index in [9.17, 15) is 35.9 Å². The van der Waals surface area contributed by atoms with Gasteiger partial charge in [-0.1, -0.05) is 0 Å². The van der Waals surface area contributed by atoms with Crippen molar-refractivity contribution in [2.75, 3.05) is 10.6 Å². The number of alkyl halides is 6. The van der Waals surface area contributed by atoms with E-state index in [-0.39, 0.29) is 20.3 Å². The van der Waals surface area contributed by atoms with Gasteiger partial charge in [0.2, 0.25) is 0 Å². The van der Waals surface area contributed by atoms with Gasteiger partial charge in [0.15, 0.2) is 0 Å². The molecule has 0 atom stereocenters. The second-order valence-corrected chi connectivity index (χ2v) is 16.0. The molecule has 2 rings (SSSR count). The Hall–Kier alpha value is -2.40. The van der Waals surface area contributed by atoms with Crippen LogP contribution < -0.4 is 19.6 Å². The molecule has 0 fully saturated rings. The van der Waals surface area contributed by atoms with Gasteiger partial charge in [-0.05, 0) is 0 Å². The van der Waals surface area contributed by atoms with E-state index in [1.165, 1.54) is 0 Å². The monoisotopic (exact) mass is 680 g/mol. The van der Waals surface area contributed by atoms with Crippen LogP contribution in [0, 0.1) is 0 Å². The van der Waals surface area contributed by atoms with E-state index in [0.717, 1.165) is 36.4 Å². The molecule has 0 aliphatic heterocycles. The fourth-order valence-electron chi connectivity index (χ4n) is 2.66. The number of ether oxygens (including phenoxy) is 2. The summed E-state index contributed by atoms with van der Waals surface area (Å²) >= 11 is -1.71. The molecule has 0 aliphatic carbocycles. The third kappa shape index (κ3) is 10.4. The molecule has 6 nitrogen and oxygen atoms in total. The summed E-state index contributed by atoms with van der Waals surface area (Å²) in [5.74, 6) is 0. The topological polar surface area (TPSA) is 76.7 Å². The Morgan fingerprint density at radius 1 is 0.632 bits per heavy atom. The molecule has 0 saturated carbocycles. The Labute approximate surface area is 227 Å². The van der Waals surface area contributed by atoms with Crippen LogP contribution in [0.2, 0.25) is 0 Å². The first-order valence-electron chi connectivity index (χ1n) is 10.9. The normalized spacial score (nSPS) is 12.6. The average molecular weight is 678 g/mol. The van der Waals surface area contributed by atoms with E-state index in [1.807, 2.05) is 0 Å². The van der Waals surface area contributed by atoms with Crippen LogP contribution in [0.1, 0.15) is 52.7 Å². The van der Waals surface area contributed by atoms with Crippen LogP contribution in [0.4, 0.5) is 47.3 Å². The average Bonchev–Trinajstić information content (AvgIpc) is 2.69. The number of halogens is 6. The molecule has 0 unspecified atom stereocenters. The molecule has 14 heteroatoms. The Kier molecular flexibility index (Phi) is 9.86. The molecule has 2 aromatic rings. The van der Waals surface area contributed by atoms with Crippen LogP contribution >= 0.6 is 0 Å². The van der Waals surface area contributed by atoms with E-state index in [1.54, 1.807) is 41.5 Å². The van der Waals surface area contributed by atoms with E-state index in [4.69, 9.17) is 9.47 Å². The molecule has 2 amide bonds. The van der Waals surface area contributed by atoms with Crippen LogP contribution in [0.15, 0.2) is 36.4 Å². The quantitative estimate of drug-likeness (QED) is 0.315. The van der Waals surface area contributed by atoms with Gasteiger partial charge in [0.1, 0.15) is 0 Å². The van der Waals surface area contributed by atoms with Crippen LogP contribution in [-0.4, -0.2) is 49.7 Å². The number of rotatable bonds is 5. The first-order chi connectivity index (χ1) is 17.1. The first kappa shape index (κ1) is 31.8. The fraction of sp³-hybridized carbons (Fsp3) is 0.417. The standard InChI is InChI=1S/C24H26F6N2O4Se2/c1-21(2,3)35-19(33)31-15-9-7-13(23(25,26)27)11-17(15)37-38-18-12-14(24(28,29)30)8-10-16(18)32-20(34)36-22(4,5)6/h7-12H,1-6H3,(H,31,33)(H,32,34). The van der Waals surface area contributed by atoms with Crippen molar-refractivity contribution in [3.63, 3.8) is 0 Å². The summed E-state index contributed by atoms with van der Waals surface area (Å²) in [5.41, 5.74) is -3.60. The number of hydrogen-bond acceptors (Lipinski definition) is 4. The zero-order chi connectivity index (χ0) is 29.1. The second-order valence-electron chi connectivity index (χ2n) is 9.84. The van der Waals surface area contributed by atoms with E-state index in [2.05, 4.69) is 10.6 Å². The van der Waals surface area contributed by atoms with Crippen molar-refractivity contribution < 1.29 is 45.4 Å². The minimum atomic E-state index is -4.68. The molecule has 2 aromatic carbocycles. The molecule has 38 heavy (non-hydrogen) atoms. The molecular weight excluding hydrogens is 652 g/mol. The number of carbonyl (C=O) groups is 2. The van der Waals surface area contributed by atoms with Gasteiger partial charge < -0.3 is 0 Å². The van der Waals surface area contributed by atoms with Gasteiger partial charge in [0, 0.05) is 0 Å². The number of hydrogen-bond donors (Lipinski definition) is 2. The zero-order valence-electron chi connectivity index (χ0n) is 21.2. The first-order valence-corrected chi connectivity index (χ1v) is 17.0. The summed E-state index contributed by atoms with van der Waals surface area (Å²) in [6, 6.07) is 5.43. The summed E-state index contributed by atoms with van der Waals surface area (Å²) in [6.07, 6.45) is -11.1. The van der Waals surface area contributed by atoms with E-state index in [0.29, 0.717) is 0 Å². The minimum absolute atomic E-state index is 0.0442. The third-order valence-corrected chi connectivity index (χ3v) is 11.3. The number of benzene rings is 2. The van der Waals surface area contributed by atoms with Gasteiger partial charge in [-0.2, -0.15) is 0 Å². The van der Waals surface area contributed by atoms with Gasteiger partial charge in [-0.15, -0.1) is 0 Å². The van der Waals surface area contributed by atoms with Crippen molar-refractivity contribution in [2.45, 2.75) is 65.1 Å². The predicted octanol–water partition coefficient (Wildman–Crippen LogP) is 5.69. The molecule has 0 saturated heterocycles. The predicted molar refractivity (Wildman–Crippen MR) is 133 cm³/mol. The summed E-state index contributed by atoms with van der Waals surface area (Å²) in [6.45, 7) is 9.67. The molecule has 0 bridgehead atoms. The molecule has 0 aliphatic rings. The fourth-order valence-corrected chi connectivity index (χ4v) is 9.61. The van der Waals surface area contributed by atoms with Crippen molar-refractivity contribution in [3.8, 4) is 0 Å². The Balaban J connectivity index is 2.44. The molecule has 0 aromatic heterocycles. The number of carbonyl (C=O) groups excluding carboxylic acids is 2. The van der Waals surface area contributed by atoms with Gasteiger partial charge in [0.25, 0.3) is 0 Å². The summed E-state index contributed by atoms with van der Waals surface area (Å²) in [4.78, 5) is 24.5. The van der Waals surface area contributed by atoms with Gasteiger partial charge in [-0.3, -0.25) is 0 Å². The number of anilines is 2.